The van der Waals surface area contributed by atoms with Gasteiger partial charge in [-0.15, -0.1) is 0 Å². The van der Waals surface area contributed by atoms with Gasteiger partial charge in [-0.05, 0) is 0 Å². The Morgan fingerprint density at radius 2 is 1.60 bits per heavy atom. The van der Waals surface area contributed by atoms with Crippen LogP contribution in [0.15, 0.2) is 0 Å². The fourth-order valence-corrected chi connectivity index (χ4v) is 0. The summed E-state index contributed by atoms with van der Waals surface area (Å²) in [6.07, 6.45) is 0. The zero-order valence-corrected chi connectivity index (χ0v) is 5.45. The maximum Gasteiger partial charge on any atom is 1.00 e. The first-order chi connectivity index (χ1) is 1.41. The van der Waals surface area contributed by atoms with Gasteiger partial charge >= 0.3 is 29.6 Å². The standard InChI is InChI=1S/ClH.HNO2.Na/c;2-1-3;/h1H;1H;/q;;+1/p-1. The van der Waals surface area contributed by atoms with Crippen LogP contribution in [0.2, 0.25) is 0 Å². The van der Waals surface area contributed by atoms with Crippen LogP contribution in [-0.2, 0) is 0 Å². The molecule has 3 nitrogen and oxygen atoms in total. The smallest absolute Gasteiger partial charge is 1.00 e. The summed E-state index contributed by atoms with van der Waals surface area (Å²) in [5, 5.41) is 8.38. The van der Waals surface area contributed by atoms with Gasteiger partial charge in [0.05, 0.1) is 0 Å². The molecular formula is HClNNaO2. The molecule has 0 amide bonds. The first kappa shape index (κ1) is 17.3. The second-order valence-corrected chi connectivity index (χ2v) is 0.0833. The predicted molar refractivity (Wildman–Crippen MR) is 7.70 cm³/mol. The Labute approximate surface area is 57.4 Å². The fraction of sp³-hybridized carbons (Fsp3) is 0. The minimum absolute atomic E-state index is 0. The Morgan fingerprint density at radius 1 is 1.60 bits per heavy atom. The molecule has 0 aromatic rings. The van der Waals surface area contributed by atoms with E-state index in [0.717, 1.165) is 0 Å². The molecule has 0 spiro atoms. The van der Waals surface area contributed by atoms with E-state index < -0.39 is 0 Å². The molecule has 0 fully saturated rings. The zero-order chi connectivity index (χ0) is 2.71. The summed E-state index contributed by atoms with van der Waals surface area (Å²) in [6.45, 7) is 0. The van der Waals surface area contributed by atoms with Crippen LogP contribution in [0, 0.1) is 10.1 Å². The van der Waals surface area contributed by atoms with Gasteiger partial charge in [-0.2, -0.15) is 0 Å². The third-order valence-electron chi connectivity index (χ3n) is 0. The summed E-state index contributed by atoms with van der Waals surface area (Å²) in [7, 11) is 0. The normalized spacial score (nSPS) is 2.40. The molecule has 0 aliphatic heterocycles. The van der Waals surface area contributed by atoms with E-state index in [2.05, 4.69) is 0 Å². The first-order valence-corrected chi connectivity index (χ1v) is 0.408. The molecule has 0 aliphatic rings. The van der Waals surface area contributed by atoms with E-state index >= 15 is 0 Å². The van der Waals surface area contributed by atoms with E-state index in [1.807, 2.05) is 0 Å². The Bertz CT molecular complexity index is 17.1. The minimum Gasteiger partial charge on any atom is -1.00 e. The molecule has 0 aromatic carbocycles. The van der Waals surface area contributed by atoms with Crippen molar-refractivity contribution in [2.24, 2.45) is 0 Å². The van der Waals surface area contributed by atoms with Crippen molar-refractivity contribution in [2.75, 3.05) is 0 Å². The Kier molecular flexibility index (Phi) is 77.3. The van der Waals surface area contributed by atoms with E-state index in [9.17, 15) is 0 Å². The molecule has 0 aliphatic carbocycles. The third-order valence-corrected chi connectivity index (χ3v) is 0. The Hall–Kier alpha value is 0.690. The maximum atomic E-state index is 8.12. The Balaban J connectivity index is -0.0000000200. The van der Waals surface area contributed by atoms with Crippen LogP contribution < -0.4 is 47.3 Å². The van der Waals surface area contributed by atoms with Crippen molar-refractivity contribution < 1.29 is 47.3 Å². The topological polar surface area (TPSA) is 54.1 Å². The van der Waals surface area contributed by atoms with Crippen molar-refractivity contribution in [3.8, 4) is 0 Å². The summed E-state index contributed by atoms with van der Waals surface area (Å²) in [4.78, 5) is 8.12. The van der Waals surface area contributed by atoms with E-state index in [4.69, 9.17) is 10.1 Å². The number of halogens is 1. The average Bonchev–Trinajstić information content (AvgIpc) is 0.918. The maximum absolute atomic E-state index is 8.12. The summed E-state index contributed by atoms with van der Waals surface area (Å²) in [5.74, 6) is 0. The van der Waals surface area contributed by atoms with E-state index in [1.165, 1.54) is 0 Å². The Morgan fingerprint density at radius 3 is 1.60 bits per heavy atom. The third kappa shape index (κ3) is 71.3. The first-order valence-electron chi connectivity index (χ1n) is 0.408. The SMILES string of the molecule is O=[NH+][O-].[Cl-].[Na+]. The largest absolute Gasteiger partial charge is 1.00 e. The number of hydrogen-bond donors (Lipinski definition) is 1. The van der Waals surface area contributed by atoms with Gasteiger partial charge in [0.25, 0.3) is 0 Å². The molecular weight excluding hydrogens is 104 g/mol. The van der Waals surface area contributed by atoms with Crippen molar-refractivity contribution >= 4 is 0 Å². The van der Waals surface area contributed by atoms with Crippen molar-refractivity contribution in [3.05, 3.63) is 10.1 Å². The molecule has 0 saturated carbocycles. The van der Waals surface area contributed by atoms with Crippen LogP contribution >= 0.6 is 0 Å². The van der Waals surface area contributed by atoms with Crippen molar-refractivity contribution in [3.63, 3.8) is 0 Å². The minimum atomic E-state index is 0. The molecule has 0 saturated heterocycles. The number of hydrogen-bond acceptors (Lipinski definition) is 2. The monoisotopic (exact) mass is 105 g/mol. The predicted octanol–water partition coefficient (Wildman–Crippen LogP) is -7.66. The number of nitrogens with one attached hydrogen (secondary N) is 1. The van der Waals surface area contributed by atoms with Gasteiger partial charge in [-0.1, -0.05) is 0 Å². The molecule has 0 radical (unpaired) electrons. The molecule has 26 valence electrons. The molecule has 0 aromatic heterocycles. The van der Waals surface area contributed by atoms with Crippen LogP contribution in [0.25, 0.3) is 0 Å². The van der Waals surface area contributed by atoms with E-state index in [0.29, 0.717) is 0 Å². The van der Waals surface area contributed by atoms with Gasteiger partial charge in [0.2, 0.25) is 0 Å². The average molecular weight is 105 g/mol. The van der Waals surface area contributed by atoms with Crippen LogP contribution in [0.1, 0.15) is 0 Å². The van der Waals surface area contributed by atoms with Gasteiger partial charge < -0.3 is 12.4 Å². The summed E-state index contributed by atoms with van der Waals surface area (Å²) in [5.41, 5.74) is 0. The summed E-state index contributed by atoms with van der Waals surface area (Å²) >= 11 is 0. The zero-order valence-electron chi connectivity index (χ0n) is 2.69. The molecule has 5 heteroatoms. The molecule has 0 heterocycles. The van der Waals surface area contributed by atoms with Crippen molar-refractivity contribution in [2.45, 2.75) is 0 Å². The van der Waals surface area contributed by atoms with Gasteiger partial charge in [-0.25, -0.2) is 0 Å². The van der Waals surface area contributed by atoms with Gasteiger partial charge in [0.15, 0.2) is 0 Å². The molecule has 5 heavy (non-hydrogen) atoms. The van der Waals surface area contributed by atoms with E-state index in [-0.39, 0.29) is 47.3 Å². The van der Waals surface area contributed by atoms with Gasteiger partial charge in [0.1, 0.15) is 0 Å². The van der Waals surface area contributed by atoms with Crippen LogP contribution in [0.3, 0.4) is 0 Å². The van der Waals surface area contributed by atoms with Crippen LogP contribution in [0.5, 0.6) is 0 Å². The van der Waals surface area contributed by atoms with Gasteiger partial charge in [-0.3, -0.25) is 10.1 Å². The molecule has 0 atom stereocenters. The molecule has 1 N–H and O–H groups in total. The van der Waals surface area contributed by atoms with Gasteiger partial charge in [0, 0.05) is 5.34 Å². The van der Waals surface area contributed by atoms with Crippen molar-refractivity contribution in [1.82, 2.24) is 0 Å². The second-order valence-electron chi connectivity index (χ2n) is 0.0833. The fourth-order valence-electron chi connectivity index (χ4n) is 0. The summed E-state index contributed by atoms with van der Waals surface area (Å²) < 4.78 is 0. The molecule has 0 rings (SSSR count). The molecule has 0 unspecified atom stereocenters. The second kappa shape index (κ2) is 22.4. The molecule has 0 bridgehead atoms. The van der Waals surface area contributed by atoms with Crippen molar-refractivity contribution in [1.29, 1.82) is 0 Å². The van der Waals surface area contributed by atoms with E-state index in [1.54, 1.807) is 0 Å². The quantitative estimate of drug-likeness (QED) is 0.189. The number of rotatable bonds is 0. The van der Waals surface area contributed by atoms with Crippen LogP contribution in [0.4, 0.5) is 0 Å². The summed E-state index contributed by atoms with van der Waals surface area (Å²) in [6, 6.07) is 0. The van der Waals surface area contributed by atoms with Crippen LogP contribution in [-0.4, -0.2) is 0 Å².